The fourth-order valence-electron chi connectivity index (χ4n) is 17.9. The minimum Gasteiger partial charge on any atom is -0.862 e. The number of aliphatic imine (C=N–C) groups is 1. The smallest absolute Gasteiger partial charge is 0.862 e. The predicted octanol–water partition coefficient (Wildman–Crippen LogP) is 3.06. The van der Waals surface area contributed by atoms with E-state index in [-0.39, 0.29) is 156 Å². The first-order chi connectivity index (χ1) is 31.0. The fraction of sp³-hybridized carbons (Fsp3) is 0.923. The molecule has 1 amide bonds. The topological polar surface area (TPSA) is 263 Å². The van der Waals surface area contributed by atoms with E-state index in [0.29, 0.717) is 43.9 Å². The average molecular weight is 969 g/mol. The summed E-state index contributed by atoms with van der Waals surface area (Å²) in [6.07, 6.45) is 11.5. The van der Waals surface area contributed by atoms with Crippen LogP contribution < -0.4 is 15.5 Å². The number of nitrogens with zero attached hydrogens (tertiary/aromatic N) is 1. The van der Waals surface area contributed by atoms with Gasteiger partial charge in [-0.05, 0) is 208 Å². The van der Waals surface area contributed by atoms with Gasteiger partial charge in [0.1, 0.15) is 6.54 Å². The van der Waals surface area contributed by atoms with E-state index in [4.69, 9.17) is 5.11 Å². The second kappa shape index (κ2) is 21.5. The summed E-state index contributed by atoms with van der Waals surface area (Å²) in [5.74, 6) is -0.0511. The molecular weight excluding hydrogens is 885 g/mol. The van der Waals surface area contributed by atoms with Crippen LogP contribution in [0.2, 0.25) is 0 Å². The van der Waals surface area contributed by atoms with Gasteiger partial charge >= 0.3 is 43.7 Å². The number of rotatable bonds is 12. The maximum Gasteiger partial charge on any atom is 2.00 e. The van der Waals surface area contributed by atoms with Crippen molar-refractivity contribution in [2.24, 2.45) is 97.7 Å². The summed E-state index contributed by atoms with van der Waals surface area (Å²) in [7, 11) is 0. The van der Waals surface area contributed by atoms with Crippen molar-refractivity contribution in [3.8, 4) is 0 Å². The van der Waals surface area contributed by atoms with Gasteiger partial charge in [0, 0.05) is 6.42 Å². The van der Waals surface area contributed by atoms with E-state index >= 15 is 0 Å². The number of hydrogen-bond acceptors (Lipinski definition) is 12. The molecule has 376 valence electrons. The van der Waals surface area contributed by atoms with Gasteiger partial charge in [-0.3, -0.25) is 14.6 Å². The predicted molar refractivity (Wildman–Crippen MR) is 249 cm³/mol. The molecule has 8 N–H and O–H groups in total. The Kier molecular flexibility index (Phi) is 17.8. The number of amides is 1. The van der Waals surface area contributed by atoms with Crippen LogP contribution in [0, 0.1) is 92.7 Å². The molecule has 0 spiro atoms. The largest absolute Gasteiger partial charge is 2.00 e. The number of carbonyl (C=O) groups is 3. The van der Waals surface area contributed by atoms with Crippen LogP contribution in [0.4, 0.5) is 0 Å². The zero-order chi connectivity index (χ0) is 48.3. The number of aliphatic carboxylic acids is 2. The Labute approximate surface area is 429 Å². The monoisotopic (exact) mass is 969 g/mol. The Morgan fingerprint density at radius 3 is 1.48 bits per heavy atom. The number of fused-ring (bicyclic) bond motifs is 10. The molecule has 0 aromatic carbocycles. The standard InChI is InChI=1S/2C26H43NO6.Ca/c2*1-14(4-7-22(31)27-13-23(32)33)17-5-6-18-24-19(12-21(30)26(17,18)3)25(2)9-8-16(28)10-15(25)11-20(24)29;/h2*14-21,24,28-30H,4-13H2,1-3H3,(H,27,31)(H,32,33);/q;;+2/p-2/t2*14-,15+,16-,17-,18+,19+,20-,21+,24+,25+,26-;/m11./s1. The third kappa shape index (κ3) is 10.4. The van der Waals surface area contributed by atoms with Crippen molar-refractivity contribution in [2.75, 3.05) is 13.1 Å². The molecule has 8 fully saturated rings. The third-order valence-corrected chi connectivity index (χ3v) is 21.5. The first kappa shape index (κ1) is 55.2. The van der Waals surface area contributed by atoms with Crippen LogP contribution in [0.3, 0.4) is 0 Å². The molecule has 0 saturated heterocycles. The molecule has 8 aliphatic rings. The number of carboxylic acids is 2. The van der Waals surface area contributed by atoms with Crippen LogP contribution in [-0.2, 0) is 14.4 Å². The second-order valence-electron chi connectivity index (χ2n) is 24.3. The Bertz CT molecular complexity index is 1790. The number of aliphatic hydroxyl groups is 6. The SMILES string of the molecule is C[C@H](CCC(=O)NCC(=O)O)[C@H]1CC[C@H]2[C@@H]3[C@H](O)C[C@@H]4C[C@H](O)CC[C@]4(C)[C@H]3C[C@H](O)[C@]12C.C[C@H](CCC([O-])=NCC(=O)[O-])[C@H]1CC[C@H]2[C@@H]3[C@H](O)C[C@@H]4C[C@H](O)CC[C@]4(C)[C@H]3C[C@H](O)[C@]12C.[Ca+2]. The van der Waals surface area contributed by atoms with Crippen molar-refractivity contribution in [3.63, 3.8) is 0 Å². The Hall–Kier alpha value is -1.10. The molecule has 0 aromatic rings. The van der Waals surface area contributed by atoms with Gasteiger partial charge in [-0.1, -0.05) is 41.5 Å². The average Bonchev–Trinajstić information content (AvgIpc) is 3.81. The Morgan fingerprint density at radius 1 is 0.627 bits per heavy atom. The van der Waals surface area contributed by atoms with Crippen molar-refractivity contribution in [1.82, 2.24) is 5.32 Å². The number of hydrogen-bond donors (Lipinski definition) is 8. The first-order valence-corrected chi connectivity index (χ1v) is 25.9. The van der Waals surface area contributed by atoms with Gasteiger partial charge in [-0.2, -0.15) is 0 Å². The summed E-state index contributed by atoms with van der Waals surface area (Å²) < 4.78 is 0. The summed E-state index contributed by atoms with van der Waals surface area (Å²) >= 11 is 0. The summed E-state index contributed by atoms with van der Waals surface area (Å²) in [4.78, 5) is 36.8. The first-order valence-electron chi connectivity index (χ1n) is 25.9. The van der Waals surface area contributed by atoms with E-state index in [0.717, 1.165) is 77.0 Å². The van der Waals surface area contributed by atoms with Crippen molar-refractivity contribution in [3.05, 3.63) is 0 Å². The van der Waals surface area contributed by atoms with Crippen LogP contribution >= 0.6 is 0 Å². The van der Waals surface area contributed by atoms with Crippen molar-refractivity contribution >= 4 is 61.5 Å². The summed E-state index contributed by atoms with van der Waals surface area (Å²) in [6.45, 7) is 12.4. The van der Waals surface area contributed by atoms with Gasteiger partial charge in [0.25, 0.3) is 0 Å². The minimum absolute atomic E-state index is 0. The molecule has 0 unspecified atom stereocenters. The molecule has 15 heteroatoms. The van der Waals surface area contributed by atoms with E-state index in [1.165, 1.54) is 0 Å². The fourth-order valence-corrected chi connectivity index (χ4v) is 17.9. The molecule has 0 aromatic heterocycles. The van der Waals surface area contributed by atoms with Crippen molar-refractivity contribution in [1.29, 1.82) is 0 Å². The molecule has 0 heterocycles. The molecule has 8 rings (SSSR count). The molecule has 14 nitrogen and oxygen atoms in total. The van der Waals surface area contributed by atoms with E-state index < -0.39 is 42.7 Å². The number of carbonyl (C=O) groups excluding carboxylic acids is 2. The third-order valence-electron chi connectivity index (χ3n) is 21.5. The number of carboxylic acid groups (broad SMARTS) is 2. The van der Waals surface area contributed by atoms with Gasteiger partial charge in [0.2, 0.25) is 5.91 Å². The number of aliphatic hydroxyl groups excluding tert-OH is 6. The van der Waals surface area contributed by atoms with Gasteiger partial charge in [-0.25, -0.2) is 0 Å². The van der Waals surface area contributed by atoms with E-state index in [1.807, 2.05) is 0 Å². The van der Waals surface area contributed by atoms with E-state index in [1.54, 1.807) is 0 Å². The van der Waals surface area contributed by atoms with E-state index in [9.17, 15) is 55.2 Å². The van der Waals surface area contributed by atoms with Gasteiger partial charge in [0.05, 0.1) is 49.1 Å². The molecule has 8 aliphatic carbocycles. The van der Waals surface area contributed by atoms with Crippen molar-refractivity contribution in [2.45, 2.75) is 194 Å². The van der Waals surface area contributed by atoms with Crippen LogP contribution in [-0.4, -0.2) is 147 Å². The molecule has 0 bridgehead atoms. The van der Waals surface area contributed by atoms with Crippen LogP contribution in [0.1, 0.15) is 157 Å². The molecule has 8 saturated carbocycles. The minimum atomic E-state index is -1.35. The van der Waals surface area contributed by atoms with Crippen LogP contribution in [0.25, 0.3) is 0 Å². The maximum absolute atomic E-state index is 12.0. The molecular formula is C52H84CaN2O12. The zero-order valence-corrected chi connectivity index (χ0v) is 43.6. The molecule has 22 atom stereocenters. The Morgan fingerprint density at radius 2 is 1.06 bits per heavy atom. The van der Waals surface area contributed by atoms with Gasteiger partial charge in [-0.15, -0.1) is 0 Å². The second-order valence-corrected chi connectivity index (χ2v) is 24.3. The maximum atomic E-state index is 12.0. The number of nitrogens with one attached hydrogen (secondary N) is 1. The van der Waals surface area contributed by atoms with Crippen molar-refractivity contribution < 1.29 is 60.3 Å². The summed E-state index contributed by atoms with van der Waals surface area (Å²) in [5.41, 5.74) is -0.458. The molecule has 0 radical (unpaired) electrons. The summed E-state index contributed by atoms with van der Waals surface area (Å²) in [5, 5.41) is 100.0. The molecule has 67 heavy (non-hydrogen) atoms. The van der Waals surface area contributed by atoms with E-state index in [2.05, 4.69) is 51.9 Å². The molecule has 0 aliphatic heterocycles. The Balaban J connectivity index is 0.000000218. The van der Waals surface area contributed by atoms with Gasteiger partial charge in [0.15, 0.2) is 0 Å². The summed E-state index contributed by atoms with van der Waals surface area (Å²) in [6, 6.07) is 0. The normalized spacial score (nSPS) is 47.4. The zero-order valence-electron chi connectivity index (χ0n) is 41.4. The van der Waals surface area contributed by atoms with Gasteiger partial charge < -0.3 is 56.1 Å². The van der Waals surface area contributed by atoms with Crippen LogP contribution in [0.5, 0.6) is 0 Å². The quantitative estimate of drug-likeness (QED) is 0.0798. The van der Waals surface area contributed by atoms with Crippen LogP contribution in [0.15, 0.2) is 4.99 Å².